The van der Waals surface area contributed by atoms with Crippen LogP contribution >= 0.6 is 0 Å². The molecule has 30 heavy (non-hydrogen) atoms. The average molecular weight is 397 g/mol. The van der Waals surface area contributed by atoms with Gasteiger partial charge in [-0.05, 0) is 79.2 Å². The quantitative estimate of drug-likeness (QED) is 0.481. The second-order valence-electron chi connectivity index (χ2n) is 7.61. The van der Waals surface area contributed by atoms with Gasteiger partial charge in [0.2, 0.25) is 0 Å². The Hall–Kier alpha value is -3.51. The van der Waals surface area contributed by atoms with E-state index in [1.54, 1.807) is 12.4 Å². The summed E-state index contributed by atoms with van der Waals surface area (Å²) in [5, 5.41) is 8.13. The first kappa shape index (κ1) is 18.5. The van der Waals surface area contributed by atoms with Gasteiger partial charge in [0.05, 0.1) is 16.8 Å². The number of anilines is 2. The third-order valence-corrected chi connectivity index (χ3v) is 5.67. The summed E-state index contributed by atoms with van der Waals surface area (Å²) in [4.78, 5) is 24.4. The second-order valence-corrected chi connectivity index (χ2v) is 7.61. The van der Waals surface area contributed by atoms with Gasteiger partial charge in [-0.2, -0.15) is 0 Å². The van der Waals surface area contributed by atoms with Crippen molar-refractivity contribution in [3.8, 4) is 11.4 Å². The number of H-pyrrole nitrogens is 1. The van der Waals surface area contributed by atoms with Crippen LogP contribution in [0.25, 0.3) is 22.2 Å². The van der Waals surface area contributed by atoms with Gasteiger partial charge in [0.1, 0.15) is 5.82 Å². The number of hydrogen-bond acceptors (Lipinski definition) is 5. The van der Waals surface area contributed by atoms with Crippen LogP contribution in [0.15, 0.2) is 71.8 Å². The molecule has 0 radical (unpaired) electrons. The molecule has 1 fully saturated rings. The van der Waals surface area contributed by atoms with Gasteiger partial charge >= 0.3 is 0 Å². The zero-order valence-electron chi connectivity index (χ0n) is 16.6. The summed E-state index contributed by atoms with van der Waals surface area (Å²) in [5.74, 6) is 1.14. The van der Waals surface area contributed by atoms with E-state index in [-0.39, 0.29) is 5.56 Å². The lowest BCUT2D eigenvalue weighted by Gasteiger charge is -2.23. The molecule has 1 saturated heterocycles. The van der Waals surface area contributed by atoms with Crippen molar-refractivity contribution in [1.82, 2.24) is 20.3 Å². The number of aromatic nitrogens is 3. The van der Waals surface area contributed by atoms with Crippen LogP contribution in [0.2, 0.25) is 0 Å². The van der Waals surface area contributed by atoms with E-state index in [0.29, 0.717) is 17.1 Å². The Morgan fingerprint density at radius 1 is 0.967 bits per heavy atom. The Labute approximate surface area is 174 Å². The van der Waals surface area contributed by atoms with E-state index >= 15 is 0 Å². The van der Waals surface area contributed by atoms with Crippen LogP contribution in [0.5, 0.6) is 0 Å². The summed E-state index contributed by atoms with van der Waals surface area (Å²) in [6.45, 7) is 2.15. The first-order valence-corrected chi connectivity index (χ1v) is 10.3. The van der Waals surface area contributed by atoms with Crippen molar-refractivity contribution in [2.75, 3.05) is 18.4 Å². The average Bonchev–Trinajstić information content (AvgIpc) is 2.81. The molecular formula is C24H23N5O. The molecule has 0 spiro atoms. The van der Waals surface area contributed by atoms with Crippen molar-refractivity contribution in [1.29, 1.82) is 0 Å². The van der Waals surface area contributed by atoms with Crippen molar-refractivity contribution in [3.63, 3.8) is 0 Å². The monoisotopic (exact) mass is 397 g/mol. The largest absolute Gasteiger partial charge is 0.340 e. The summed E-state index contributed by atoms with van der Waals surface area (Å²) < 4.78 is 0. The van der Waals surface area contributed by atoms with Gasteiger partial charge in [0, 0.05) is 18.1 Å². The predicted octanol–water partition coefficient (Wildman–Crippen LogP) is 4.20. The summed E-state index contributed by atoms with van der Waals surface area (Å²) in [7, 11) is 0. The SMILES string of the molecule is O=c1[nH]ccc2cc(-c3ccccn3)nc(Nc3ccc(C4CCNCC4)cc3)c12. The van der Waals surface area contributed by atoms with Crippen molar-refractivity contribution in [2.45, 2.75) is 18.8 Å². The summed E-state index contributed by atoms with van der Waals surface area (Å²) in [6, 6.07) is 18.0. The predicted molar refractivity (Wildman–Crippen MR) is 120 cm³/mol. The van der Waals surface area contributed by atoms with Crippen molar-refractivity contribution in [2.24, 2.45) is 0 Å². The van der Waals surface area contributed by atoms with Crippen molar-refractivity contribution in [3.05, 3.63) is 82.9 Å². The van der Waals surface area contributed by atoms with Crippen LogP contribution in [0.4, 0.5) is 11.5 Å². The Bertz CT molecular complexity index is 1210. The molecule has 3 aromatic heterocycles. The Kier molecular flexibility index (Phi) is 4.99. The van der Waals surface area contributed by atoms with Gasteiger partial charge in [0.25, 0.3) is 5.56 Å². The number of fused-ring (bicyclic) bond motifs is 1. The minimum Gasteiger partial charge on any atom is -0.340 e. The molecule has 5 rings (SSSR count). The van der Waals surface area contributed by atoms with Crippen LogP contribution in [-0.2, 0) is 0 Å². The number of nitrogens with zero attached hydrogens (tertiary/aromatic N) is 2. The van der Waals surface area contributed by atoms with Gasteiger partial charge in [-0.1, -0.05) is 18.2 Å². The van der Waals surface area contributed by atoms with E-state index in [1.165, 1.54) is 18.4 Å². The lowest BCUT2D eigenvalue weighted by molar-refractivity contribution is 0.460. The molecule has 0 atom stereocenters. The summed E-state index contributed by atoms with van der Waals surface area (Å²) in [5.41, 5.74) is 3.59. The molecule has 4 heterocycles. The highest BCUT2D eigenvalue weighted by Crippen LogP contribution is 2.29. The summed E-state index contributed by atoms with van der Waals surface area (Å²) >= 11 is 0. The number of nitrogens with one attached hydrogen (secondary N) is 3. The highest BCUT2D eigenvalue weighted by atomic mass is 16.1. The highest BCUT2D eigenvalue weighted by molar-refractivity contribution is 5.94. The Balaban J connectivity index is 1.52. The maximum Gasteiger partial charge on any atom is 0.259 e. The smallest absolute Gasteiger partial charge is 0.259 e. The minimum absolute atomic E-state index is 0.165. The lowest BCUT2D eigenvalue weighted by atomic mass is 9.90. The number of aromatic amines is 1. The Morgan fingerprint density at radius 3 is 2.57 bits per heavy atom. The fourth-order valence-electron chi connectivity index (χ4n) is 4.08. The molecule has 0 unspecified atom stereocenters. The van der Waals surface area contributed by atoms with Crippen LogP contribution in [-0.4, -0.2) is 28.0 Å². The molecular weight excluding hydrogens is 374 g/mol. The van der Waals surface area contributed by atoms with Crippen LogP contribution in [0.3, 0.4) is 0 Å². The zero-order valence-corrected chi connectivity index (χ0v) is 16.6. The topological polar surface area (TPSA) is 82.7 Å². The molecule has 0 saturated carbocycles. The van der Waals surface area contributed by atoms with Crippen molar-refractivity contribution >= 4 is 22.3 Å². The third-order valence-electron chi connectivity index (χ3n) is 5.67. The molecule has 4 aromatic rings. The van der Waals surface area contributed by atoms with Gasteiger partial charge in [-0.3, -0.25) is 9.78 Å². The standard InChI is InChI=1S/C24H23N5O/c30-24-22-18(10-14-27-24)15-21(20-3-1-2-11-26-20)29-23(22)28-19-6-4-16(5-7-19)17-8-12-25-13-9-17/h1-7,10-11,14-15,17,25H,8-9,12-13H2,(H,27,30)(H,28,29). The lowest BCUT2D eigenvalue weighted by Crippen LogP contribution is -2.26. The fourth-order valence-corrected chi connectivity index (χ4v) is 4.08. The molecule has 3 N–H and O–H groups in total. The van der Waals surface area contributed by atoms with Gasteiger partial charge in [-0.15, -0.1) is 0 Å². The minimum atomic E-state index is -0.165. The maximum atomic E-state index is 12.5. The zero-order chi connectivity index (χ0) is 20.3. The van der Waals surface area contributed by atoms with E-state index in [4.69, 9.17) is 4.98 Å². The van der Waals surface area contributed by atoms with E-state index in [0.717, 1.165) is 35.6 Å². The molecule has 0 aliphatic carbocycles. The normalized spacial score (nSPS) is 14.7. The number of piperidine rings is 1. The summed E-state index contributed by atoms with van der Waals surface area (Å²) in [6.07, 6.45) is 5.73. The third kappa shape index (κ3) is 3.69. The second kappa shape index (κ2) is 8.08. The molecule has 6 heteroatoms. The van der Waals surface area contributed by atoms with Crippen LogP contribution < -0.4 is 16.2 Å². The molecule has 0 bridgehead atoms. The van der Waals surface area contributed by atoms with E-state index in [1.807, 2.05) is 30.3 Å². The van der Waals surface area contributed by atoms with Crippen LogP contribution in [0, 0.1) is 0 Å². The van der Waals surface area contributed by atoms with Crippen molar-refractivity contribution < 1.29 is 0 Å². The van der Waals surface area contributed by atoms with E-state index in [9.17, 15) is 4.79 Å². The van der Waals surface area contributed by atoms with Gasteiger partial charge in [0.15, 0.2) is 0 Å². The molecule has 1 aliphatic heterocycles. The molecule has 0 amide bonds. The molecule has 6 nitrogen and oxygen atoms in total. The van der Waals surface area contributed by atoms with E-state index in [2.05, 4.69) is 44.9 Å². The number of hydrogen-bond donors (Lipinski definition) is 3. The van der Waals surface area contributed by atoms with E-state index < -0.39 is 0 Å². The maximum absolute atomic E-state index is 12.5. The molecule has 1 aromatic carbocycles. The number of pyridine rings is 3. The van der Waals surface area contributed by atoms with Gasteiger partial charge < -0.3 is 15.6 Å². The highest BCUT2D eigenvalue weighted by Gasteiger charge is 2.15. The first-order chi connectivity index (χ1) is 14.8. The molecule has 1 aliphatic rings. The number of rotatable bonds is 4. The molecule has 150 valence electrons. The van der Waals surface area contributed by atoms with Crippen LogP contribution in [0.1, 0.15) is 24.3 Å². The number of benzene rings is 1. The first-order valence-electron chi connectivity index (χ1n) is 10.3. The fraction of sp³-hybridized carbons (Fsp3) is 0.208. The Morgan fingerprint density at radius 2 is 1.80 bits per heavy atom. The van der Waals surface area contributed by atoms with Gasteiger partial charge in [-0.25, -0.2) is 4.98 Å².